The minimum Gasteiger partial charge on any atom is -0.306 e. The average Bonchev–Trinajstić information content (AvgIpc) is 2.66. The maximum atomic E-state index is 4.26. The zero-order chi connectivity index (χ0) is 10.7. The largest absolute Gasteiger partial charge is 0.306 e. The van der Waals surface area contributed by atoms with Crippen molar-refractivity contribution in [3.63, 3.8) is 0 Å². The van der Waals surface area contributed by atoms with Crippen LogP contribution in [0.3, 0.4) is 0 Å². The van der Waals surface area contributed by atoms with E-state index in [9.17, 15) is 0 Å². The summed E-state index contributed by atoms with van der Waals surface area (Å²) < 4.78 is 2.10. The summed E-state index contributed by atoms with van der Waals surface area (Å²) in [6.45, 7) is 4.22. The molecule has 2 rings (SSSR count). The fourth-order valence-corrected chi connectivity index (χ4v) is 1.80. The highest BCUT2D eigenvalue weighted by Crippen LogP contribution is 2.16. The van der Waals surface area contributed by atoms with Crippen LogP contribution in [0, 0.1) is 6.92 Å². The molecule has 2 heteroatoms. The van der Waals surface area contributed by atoms with Crippen molar-refractivity contribution in [2.75, 3.05) is 0 Å². The van der Waals surface area contributed by atoms with Crippen molar-refractivity contribution >= 4 is 0 Å². The van der Waals surface area contributed by atoms with Crippen LogP contribution in [0.2, 0.25) is 0 Å². The molecule has 0 aliphatic carbocycles. The molecule has 0 amide bonds. The number of nitrogens with zero attached hydrogens (tertiary/aromatic N) is 2. The second kappa shape index (κ2) is 4.30. The molecule has 0 saturated heterocycles. The van der Waals surface area contributed by atoms with E-state index in [-0.39, 0.29) is 0 Å². The van der Waals surface area contributed by atoms with Gasteiger partial charge in [0, 0.05) is 11.9 Å². The van der Waals surface area contributed by atoms with Crippen LogP contribution >= 0.6 is 0 Å². The highest BCUT2D eigenvalue weighted by molar-refractivity contribution is 5.41. The van der Waals surface area contributed by atoms with E-state index < -0.39 is 0 Å². The number of aryl methyl sites for hydroxylation is 2. The first-order valence-electron chi connectivity index (χ1n) is 5.40. The van der Waals surface area contributed by atoms with Crippen molar-refractivity contribution < 1.29 is 0 Å². The molecular formula is C13H16N2. The molecule has 2 aromatic rings. The Kier molecular flexibility index (Phi) is 2.86. The monoisotopic (exact) mass is 200 g/mol. The Morgan fingerprint density at radius 1 is 1.27 bits per heavy atom. The molecule has 0 aliphatic heterocycles. The van der Waals surface area contributed by atoms with Gasteiger partial charge >= 0.3 is 0 Å². The van der Waals surface area contributed by atoms with Crippen LogP contribution in [0.25, 0.3) is 5.69 Å². The zero-order valence-corrected chi connectivity index (χ0v) is 9.27. The van der Waals surface area contributed by atoms with Crippen LogP contribution < -0.4 is 0 Å². The summed E-state index contributed by atoms with van der Waals surface area (Å²) in [5.41, 5.74) is 3.69. The fraction of sp³-hybridized carbons (Fsp3) is 0.308. The van der Waals surface area contributed by atoms with Crippen molar-refractivity contribution in [1.82, 2.24) is 9.55 Å². The lowest BCUT2D eigenvalue weighted by molar-refractivity contribution is 0.898. The van der Waals surface area contributed by atoms with Crippen LogP contribution in [0.4, 0.5) is 0 Å². The lowest BCUT2D eigenvalue weighted by Gasteiger charge is -2.08. The van der Waals surface area contributed by atoms with Gasteiger partial charge in [0.05, 0.1) is 12.0 Å². The molecule has 15 heavy (non-hydrogen) atoms. The minimum absolute atomic E-state index is 1.06. The number of hydrogen-bond acceptors (Lipinski definition) is 1. The molecule has 0 spiro atoms. The van der Waals surface area contributed by atoms with Crippen LogP contribution in [-0.4, -0.2) is 9.55 Å². The van der Waals surface area contributed by atoms with Crippen molar-refractivity contribution in [3.8, 4) is 5.69 Å². The van der Waals surface area contributed by atoms with E-state index in [1.807, 2.05) is 13.3 Å². The van der Waals surface area contributed by atoms with Gasteiger partial charge in [-0.1, -0.05) is 31.5 Å². The molecular weight excluding hydrogens is 184 g/mol. The van der Waals surface area contributed by atoms with Gasteiger partial charge in [0.2, 0.25) is 0 Å². The van der Waals surface area contributed by atoms with E-state index in [4.69, 9.17) is 0 Å². The number of aromatic nitrogens is 2. The average molecular weight is 200 g/mol. The Bertz CT molecular complexity index is 443. The molecule has 78 valence electrons. The van der Waals surface area contributed by atoms with Gasteiger partial charge in [0.15, 0.2) is 0 Å². The maximum absolute atomic E-state index is 4.26. The standard InChI is InChI=1S/C13H16N2/c1-3-6-12-7-4-5-8-13(12)15-9-11(2)14-10-15/h4-5,7-10H,3,6H2,1-2H3. The number of imidazole rings is 1. The summed E-state index contributed by atoms with van der Waals surface area (Å²) in [5, 5.41) is 0. The Morgan fingerprint density at radius 2 is 2.07 bits per heavy atom. The lowest BCUT2D eigenvalue weighted by Crippen LogP contribution is -1.96. The van der Waals surface area contributed by atoms with E-state index in [1.165, 1.54) is 17.7 Å². The van der Waals surface area contributed by atoms with E-state index in [0.717, 1.165) is 12.1 Å². The SMILES string of the molecule is CCCc1ccccc1-n1cnc(C)c1. The second-order valence-corrected chi connectivity index (χ2v) is 3.80. The second-order valence-electron chi connectivity index (χ2n) is 3.80. The Hall–Kier alpha value is -1.57. The number of rotatable bonds is 3. The highest BCUT2D eigenvalue weighted by atomic mass is 15.0. The van der Waals surface area contributed by atoms with Crippen LogP contribution in [0.1, 0.15) is 24.6 Å². The smallest absolute Gasteiger partial charge is 0.0995 e. The third-order valence-electron chi connectivity index (χ3n) is 2.50. The topological polar surface area (TPSA) is 17.8 Å². The molecule has 2 nitrogen and oxygen atoms in total. The molecule has 0 N–H and O–H groups in total. The van der Waals surface area contributed by atoms with Gasteiger partial charge in [-0.05, 0) is 25.0 Å². The summed E-state index contributed by atoms with van der Waals surface area (Å²) in [4.78, 5) is 4.26. The predicted octanol–water partition coefficient (Wildman–Crippen LogP) is 3.13. The molecule has 0 unspecified atom stereocenters. The molecule has 1 heterocycles. The minimum atomic E-state index is 1.06. The van der Waals surface area contributed by atoms with E-state index >= 15 is 0 Å². The highest BCUT2D eigenvalue weighted by Gasteiger charge is 2.02. The normalized spacial score (nSPS) is 10.5. The first-order chi connectivity index (χ1) is 7.31. The summed E-state index contributed by atoms with van der Waals surface area (Å²) >= 11 is 0. The Morgan fingerprint density at radius 3 is 2.73 bits per heavy atom. The van der Waals surface area contributed by atoms with Gasteiger partial charge in [-0.3, -0.25) is 0 Å². The van der Waals surface area contributed by atoms with Crippen molar-refractivity contribution in [3.05, 3.63) is 48.0 Å². The summed E-state index contributed by atoms with van der Waals surface area (Å²) in [7, 11) is 0. The van der Waals surface area contributed by atoms with Crippen LogP contribution in [-0.2, 0) is 6.42 Å². The van der Waals surface area contributed by atoms with E-state index in [1.54, 1.807) is 0 Å². The molecule has 0 aliphatic rings. The summed E-state index contributed by atoms with van der Waals surface area (Å²) in [6, 6.07) is 8.50. The first-order valence-corrected chi connectivity index (χ1v) is 5.40. The quantitative estimate of drug-likeness (QED) is 0.744. The van der Waals surface area contributed by atoms with Crippen LogP contribution in [0.15, 0.2) is 36.8 Å². The van der Waals surface area contributed by atoms with Gasteiger partial charge in [0.1, 0.15) is 0 Å². The van der Waals surface area contributed by atoms with Gasteiger partial charge in [0.25, 0.3) is 0 Å². The number of hydrogen-bond donors (Lipinski definition) is 0. The molecule has 0 radical (unpaired) electrons. The third kappa shape index (κ3) is 2.09. The molecule has 1 aromatic heterocycles. The first kappa shape index (κ1) is 9.97. The van der Waals surface area contributed by atoms with E-state index in [0.29, 0.717) is 0 Å². The molecule has 0 atom stereocenters. The van der Waals surface area contributed by atoms with Gasteiger partial charge in [-0.25, -0.2) is 4.98 Å². The van der Waals surface area contributed by atoms with Gasteiger partial charge in [-0.2, -0.15) is 0 Å². The molecule has 0 fully saturated rings. The fourth-order valence-electron chi connectivity index (χ4n) is 1.80. The van der Waals surface area contributed by atoms with Crippen molar-refractivity contribution in [1.29, 1.82) is 0 Å². The molecule has 0 saturated carbocycles. The summed E-state index contributed by atoms with van der Waals surface area (Å²) in [6.07, 6.45) is 6.23. The van der Waals surface area contributed by atoms with E-state index in [2.05, 4.69) is 46.9 Å². The molecule has 1 aromatic carbocycles. The van der Waals surface area contributed by atoms with Gasteiger partial charge in [-0.15, -0.1) is 0 Å². The Labute approximate surface area is 90.6 Å². The Balaban J connectivity index is 2.42. The number of benzene rings is 1. The zero-order valence-electron chi connectivity index (χ0n) is 9.27. The lowest BCUT2D eigenvalue weighted by atomic mass is 10.1. The van der Waals surface area contributed by atoms with Crippen molar-refractivity contribution in [2.45, 2.75) is 26.7 Å². The van der Waals surface area contributed by atoms with Crippen LogP contribution in [0.5, 0.6) is 0 Å². The molecule has 0 bridgehead atoms. The summed E-state index contributed by atoms with van der Waals surface area (Å²) in [5.74, 6) is 0. The predicted molar refractivity (Wildman–Crippen MR) is 62.3 cm³/mol. The third-order valence-corrected chi connectivity index (χ3v) is 2.50. The number of para-hydroxylation sites is 1. The van der Waals surface area contributed by atoms with Gasteiger partial charge < -0.3 is 4.57 Å². The van der Waals surface area contributed by atoms with Crippen molar-refractivity contribution in [2.24, 2.45) is 0 Å². The maximum Gasteiger partial charge on any atom is 0.0995 e.